The molecule has 0 aliphatic heterocycles. The Balaban J connectivity index is 1.49. The molecule has 0 aromatic carbocycles. The Hall–Kier alpha value is -0.650. The second-order valence-corrected chi connectivity index (χ2v) is 11.3. The summed E-state index contributed by atoms with van der Waals surface area (Å²) in [6.45, 7) is 6.25. The Kier molecular flexibility index (Phi) is 5.80. The molecule has 0 spiro atoms. The Morgan fingerprint density at radius 2 is 1.83 bits per heavy atom. The lowest BCUT2D eigenvalue weighted by molar-refractivity contribution is -0.206. The van der Waals surface area contributed by atoms with Gasteiger partial charge in [0.05, 0.1) is 11.7 Å². The van der Waals surface area contributed by atoms with Crippen molar-refractivity contribution in [3.63, 3.8) is 0 Å². The van der Waals surface area contributed by atoms with Crippen LogP contribution < -0.4 is 0 Å². The summed E-state index contributed by atoms with van der Waals surface area (Å²) in [5.41, 5.74) is -0.388. The monoisotopic (exact) mass is 406 g/mol. The van der Waals surface area contributed by atoms with Crippen LogP contribution >= 0.6 is 0 Å². The molecule has 0 saturated heterocycles. The van der Waals surface area contributed by atoms with Gasteiger partial charge in [0, 0.05) is 24.1 Å². The summed E-state index contributed by atoms with van der Waals surface area (Å²) in [7, 11) is 4.07. The summed E-state index contributed by atoms with van der Waals surface area (Å²) < 4.78 is 0. The fourth-order valence-corrected chi connectivity index (χ4v) is 7.88. The third kappa shape index (κ3) is 3.45. The molecule has 0 bridgehead atoms. The molecule has 5 nitrogen and oxygen atoms in total. The van der Waals surface area contributed by atoms with E-state index in [0.29, 0.717) is 35.7 Å². The lowest BCUT2D eigenvalue weighted by atomic mass is 9.43. The van der Waals surface area contributed by atoms with E-state index in [4.69, 9.17) is 4.84 Å². The van der Waals surface area contributed by atoms with Crippen LogP contribution in [0.3, 0.4) is 0 Å². The number of oxime groups is 1. The van der Waals surface area contributed by atoms with E-state index in [1.165, 1.54) is 12.8 Å². The normalized spacial score (nSPS) is 49.7. The fraction of sp³-hybridized carbons (Fsp3) is 0.958. The van der Waals surface area contributed by atoms with Gasteiger partial charge in [-0.2, -0.15) is 0 Å². The van der Waals surface area contributed by atoms with Gasteiger partial charge in [0.15, 0.2) is 0 Å². The van der Waals surface area contributed by atoms with E-state index in [9.17, 15) is 10.2 Å². The predicted octanol–water partition coefficient (Wildman–Crippen LogP) is 3.69. The van der Waals surface area contributed by atoms with Gasteiger partial charge in [0.25, 0.3) is 0 Å². The number of nitrogens with zero attached hydrogens (tertiary/aromatic N) is 2. The minimum Gasteiger partial charge on any atom is -0.395 e. The van der Waals surface area contributed by atoms with E-state index in [-0.39, 0.29) is 11.5 Å². The van der Waals surface area contributed by atoms with Crippen LogP contribution in [-0.4, -0.2) is 60.3 Å². The van der Waals surface area contributed by atoms with Gasteiger partial charge < -0.3 is 20.0 Å². The summed E-state index contributed by atoms with van der Waals surface area (Å²) in [4.78, 5) is 7.58. The highest BCUT2D eigenvalue weighted by Gasteiger charge is 2.66. The van der Waals surface area contributed by atoms with Crippen LogP contribution in [0.25, 0.3) is 0 Å². The number of aliphatic hydroxyl groups is 2. The summed E-state index contributed by atoms with van der Waals surface area (Å²) >= 11 is 0. The number of fused-ring (bicyclic) bond motifs is 5. The first-order valence-corrected chi connectivity index (χ1v) is 11.9. The fourth-order valence-electron chi connectivity index (χ4n) is 7.88. The molecule has 2 N–H and O–H groups in total. The molecule has 0 aromatic heterocycles. The predicted molar refractivity (Wildman–Crippen MR) is 116 cm³/mol. The number of likely N-dealkylation sites (N-methyl/N-ethyl adjacent to an activating group) is 1. The molecule has 4 saturated carbocycles. The smallest absolute Gasteiger partial charge is 0.129 e. The second kappa shape index (κ2) is 7.80. The molecule has 0 heterocycles. The Morgan fingerprint density at radius 3 is 2.59 bits per heavy atom. The zero-order chi connectivity index (χ0) is 20.9. The quantitative estimate of drug-likeness (QED) is 0.415. The lowest BCUT2D eigenvalue weighted by Crippen LogP contribution is -2.62. The summed E-state index contributed by atoms with van der Waals surface area (Å²) in [6, 6.07) is 0. The highest BCUT2D eigenvalue weighted by atomic mass is 16.6. The van der Waals surface area contributed by atoms with Crippen LogP contribution in [0.1, 0.15) is 71.6 Å². The average molecular weight is 407 g/mol. The van der Waals surface area contributed by atoms with Crippen molar-refractivity contribution in [1.29, 1.82) is 0 Å². The molecule has 4 aliphatic carbocycles. The van der Waals surface area contributed by atoms with Crippen molar-refractivity contribution in [1.82, 2.24) is 4.90 Å². The Labute approximate surface area is 176 Å². The Bertz CT molecular complexity index is 625. The molecule has 4 aliphatic rings. The first kappa shape index (κ1) is 21.6. The van der Waals surface area contributed by atoms with Gasteiger partial charge in [-0.3, -0.25) is 0 Å². The standard InChI is InChI=1S/C24H42N2O3/c1-22-10-8-19(27)15-17(22)5-6-21-20(22)9-11-23(2)18(7-12-24(21,23)28)16-25-29-14-13-26(3)4/h16-21,27-28H,5-15H2,1-4H3/b25-16+/t17-,18+,19+,20+,21-,22+,23-,24+/m1/s1. The van der Waals surface area contributed by atoms with Crippen molar-refractivity contribution in [2.45, 2.75) is 83.3 Å². The first-order chi connectivity index (χ1) is 13.7. The lowest BCUT2D eigenvalue weighted by Gasteiger charge is -2.63. The number of rotatable bonds is 5. The number of hydrogen-bond acceptors (Lipinski definition) is 5. The van der Waals surface area contributed by atoms with Gasteiger partial charge in [0.1, 0.15) is 6.61 Å². The largest absolute Gasteiger partial charge is 0.395 e. The van der Waals surface area contributed by atoms with Crippen molar-refractivity contribution in [3.8, 4) is 0 Å². The molecule has 4 rings (SSSR count). The second-order valence-electron chi connectivity index (χ2n) is 11.3. The van der Waals surface area contributed by atoms with Crippen LogP contribution in [0, 0.1) is 34.5 Å². The van der Waals surface area contributed by atoms with Crippen molar-refractivity contribution in [3.05, 3.63) is 0 Å². The van der Waals surface area contributed by atoms with E-state index in [1.54, 1.807) is 0 Å². The molecule has 0 aromatic rings. The molecule has 29 heavy (non-hydrogen) atoms. The van der Waals surface area contributed by atoms with Crippen LogP contribution in [0.15, 0.2) is 5.16 Å². The van der Waals surface area contributed by atoms with Crippen LogP contribution in [0.4, 0.5) is 0 Å². The SMILES string of the molecule is CN(C)CCO/N=C/[C@@H]1CC[C@]2(O)[C@@H]3CC[C@@H]4C[C@@H](O)CC[C@]4(C)[C@H]3CC[C@]12C. The molecule has 0 radical (unpaired) electrons. The maximum absolute atomic E-state index is 12.1. The molecular weight excluding hydrogens is 364 g/mol. The first-order valence-electron chi connectivity index (χ1n) is 11.9. The van der Waals surface area contributed by atoms with Gasteiger partial charge in [-0.1, -0.05) is 19.0 Å². The van der Waals surface area contributed by atoms with Crippen LogP contribution in [-0.2, 0) is 4.84 Å². The van der Waals surface area contributed by atoms with Crippen LogP contribution in [0.5, 0.6) is 0 Å². The van der Waals surface area contributed by atoms with E-state index < -0.39 is 5.60 Å². The molecule has 4 fully saturated rings. The van der Waals surface area contributed by atoms with Crippen molar-refractivity contribution >= 4 is 6.21 Å². The minimum absolute atomic E-state index is 0.0973. The van der Waals surface area contributed by atoms with E-state index in [1.807, 2.05) is 20.3 Å². The van der Waals surface area contributed by atoms with Crippen molar-refractivity contribution < 1.29 is 15.1 Å². The molecule has 8 atom stereocenters. The highest BCUT2D eigenvalue weighted by Crippen LogP contribution is 2.68. The zero-order valence-corrected chi connectivity index (χ0v) is 18.9. The topological polar surface area (TPSA) is 65.3 Å². The molecular formula is C24H42N2O3. The number of hydrogen-bond donors (Lipinski definition) is 2. The molecule has 0 unspecified atom stereocenters. The maximum Gasteiger partial charge on any atom is 0.129 e. The van der Waals surface area contributed by atoms with Gasteiger partial charge in [-0.05, 0) is 95.1 Å². The van der Waals surface area contributed by atoms with Gasteiger partial charge in [-0.25, -0.2) is 0 Å². The highest BCUT2D eigenvalue weighted by molar-refractivity contribution is 5.63. The van der Waals surface area contributed by atoms with Gasteiger partial charge >= 0.3 is 0 Å². The summed E-state index contributed by atoms with van der Waals surface area (Å²) in [5.74, 6) is 1.92. The zero-order valence-electron chi connectivity index (χ0n) is 18.9. The minimum atomic E-state index is -0.583. The Morgan fingerprint density at radius 1 is 1.03 bits per heavy atom. The summed E-state index contributed by atoms with van der Waals surface area (Å²) in [5, 5.41) is 26.6. The van der Waals surface area contributed by atoms with Crippen molar-refractivity contribution in [2.75, 3.05) is 27.2 Å². The number of aliphatic hydroxyl groups excluding tert-OH is 1. The molecule has 0 amide bonds. The van der Waals surface area contributed by atoms with Crippen LogP contribution in [0.2, 0.25) is 0 Å². The maximum atomic E-state index is 12.1. The van der Waals surface area contributed by atoms with E-state index in [0.717, 1.165) is 51.5 Å². The van der Waals surface area contributed by atoms with E-state index >= 15 is 0 Å². The average Bonchev–Trinajstić information content (AvgIpc) is 2.93. The third-order valence-electron chi connectivity index (χ3n) is 9.84. The molecule has 166 valence electrons. The third-order valence-corrected chi connectivity index (χ3v) is 9.84. The van der Waals surface area contributed by atoms with Gasteiger partial charge in [0.2, 0.25) is 0 Å². The summed E-state index contributed by atoms with van der Waals surface area (Å²) in [6.07, 6.45) is 11.4. The van der Waals surface area contributed by atoms with Gasteiger partial charge in [-0.15, -0.1) is 0 Å². The van der Waals surface area contributed by atoms with Crippen molar-refractivity contribution in [2.24, 2.45) is 39.7 Å². The molecule has 5 heteroatoms. The van der Waals surface area contributed by atoms with E-state index in [2.05, 4.69) is 23.9 Å².